The third-order valence-corrected chi connectivity index (χ3v) is 21.9. The first-order chi connectivity index (χ1) is 55.8. The van der Waals surface area contributed by atoms with E-state index in [1.165, 1.54) is 13.8 Å². The predicted molar refractivity (Wildman–Crippen MR) is 367 cm³/mol. The highest BCUT2D eigenvalue weighted by atomic mass is 16.9. The molecule has 9 rings (SSSR count). The van der Waals surface area contributed by atoms with Crippen molar-refractivity contribution in [3.8, 4) is 0 Å². The average molecular weight is 1730 g/mol. The Morgan fingerprint density at radius 2 is 0.720 bits per heavy atom. The van der Waals surface area contributed by atoms with E-state index in [0.717, 1.165) is 27.7 Å². The summed E-state index contributed by atoms with van der Waals surface area (Å²) in [4.78, 5) is 63.0. The van der Waals surface area contributed by atoms with Gasteiger partial charge in [0, 0.05) is 33.6 Å². The molecular weight excluding hydrogens is 1610 g/mol. The first-order valence-corrected chi connectivity index (χ1v) is 37.9. The SMILES string of the molecule is CC(=O)NC1C(OC2[C@@H](OCC3O[C@@H](O[C@@H]4C(CO)O[C@@H](O[C@@H]5C(CO)O[C@@H](C)C(NC(C)=O)[C@H]5O)C(NC(C)=O)[C@H]4O)C(O)[C@@H](O[C@H]4OC(CO)[C@@H](O)C(O)C4O[C@@H]4OC(CO)[C@@H](O[C@@H]5OC(CO)[C@H](O)[C@H](O[C@]6(OC=O)C[C@@H](O)[C@@H](C)C(C(O)[C@H](O)CO)O6)C5O)[C@H](O)C4NC(C)=O)[C@@H]3O)OC(CO)[C@@H](O)[C@@H]2O)O[C@@H](CO)[C@@H](O)C1O. The van der Waals surface area contributed by atoms with Gasteiger partial charge in [-0.1, -0.05) is 6.92 Å². The second-order valence-electron chi connectivity index (χ2n) is 30.1. The number of carbonyl (C=O) groups excluding carboxylic acids is 5. The molecular formula is C67H112N4O47. The van der Waals surface area contributed by atoms with Gasteiger partial charge in [-0.25, -0.2) is 0 Å². The van der Waals surface area contributed by atoms with E-state index >= 15 is 0 Å². The van der Waals surface area contributed by atoms with Crippen LogP contribution in [-0.2, 0) is 109 Å². The van der Waals surface area contributed by atoms with Crippen LogP contribution in [0.25, 0.3) is 0 Å². The molecule has 51 heteroatoms. The van der Waals surface area contributed by atoms with Crippen molar-refractivity contribution >= 4 is 30.1 Å². The van der Waals surface area contributed by atoms with Crippen molar-refractivity contribution in [1.29, 1.82) is 0 Å². The van der Waals surface area contributed by atoms with E-state index in [1.54, 1.807) is 0 Å². The number of aliphatic hydroxyl groups is 24. The highest BCUT2D eigenvalue weighted by Crippen LogP contribution is 2.43. The van der Waals surface area contributed by atoms with Crippen LogP contribution in [0.5, 0.6) is 0 Å². The van der Waals surface area contributed by atoms with Crippen LogP contribution in [0.15, 0.2) is 0 Å². The maximum Gasteiger partial charge on any atom is 0.332 e. The second kappa shape index (κ2) is 42.6. The van der Waals surface area contributed by atoms with Crippen molar-refractivity contribution in [2.45, 2.75) is 324 Å². The van der Waals surface area contributed by atoms with E-state index in [9.17, 15) is 147 Å². The summed E-state index contributed by atoms with van der Waals surface area (Å²) < 4.78 is 107. The molecule has 9 heterocycles. The van der Waals surface area contributed by atoms with Crippen molar-refractivity contribution in [3.63, 3.8) is 0 Å². The molecule has 9 saturated heterocycles. The van der Waals surface area contributed by atoms with Crippen LogP contribution >= 0.6 is 0 Å². The van der Waals surface area contributed by atoms with E-state index in [0.29, 0.717) is 0 Å². The molecule has 9 aliphatic rings. The minimum absolute atomic E-state index is 0.249. The summed E-state index contributed by atoms with van der Waals surface area (Å²) in [5.74, 6) is -7.38. The third kappa shape index (κ3) is 21.6. The summed E-state index contributed by atoms with van der Waals surface area (Å²) in [6, 6.07) is -6.88. The molecule has 0 radical (unpaired) electrons. The van der Waals surface area contributed by atoms with E-state index in [-0.39, 0.29) is 6.47 Å². The molecule has 9 aliphatic heterocycles. The van der Waals surface area contributed by atoms with E-state index < -0.39 is 371 Å². The van der Waals surface area contributed by atoms with Crippen molar-refractivity contribution in [2.75, 3.05) is 59.5 Å². The van der Waals surface area contributed by atoms with Crippen molar-refractivity contribution < 1.29 is 232 Å². The molecule has 0 aromatic carbocycles. The summed E-state index contributed by atoms with van der Waals surface area (Å²) in [5, 5.41) is 279. The first kappa shape index (κ1) is 97.5. The first-order valence-electron chi connectivity index (χ1n) is 37.9. The fraction of sp³-hybridized carbons (Fsp3) is 0.925. The molecule has 0 aliphatic carbocycles. The lowest BCUT2D eigenvalue weighted by Crippen LogP contribution is -2.71. The van der Waals surface area contributed by atoms with Crippen LogP contribution in [0.3, 0.4) is 0 Å². The van der Waals surface area contributed by atoms with Gasteiger partial charge in [0.1, 0.15) is 201 Å². The molecule has 118 heavy (non-hydrogen) atoms. The van der Waals surface area contributed by atoms with Crippen LogP contribution in [0.4, 0.5) is 0 Å². The van der Waals surface area contributed by atoms with Crippen LogP contribution < -0.4 is 21.3 Å². The van der Waals surface area contributed by atoms with E-state index in [1.807, 2.05) is 0 Å². The molecule has 682 valence electrons. The zero-order valence-corrected chi connectivity index (χ0v) is 64.3. The highest BCUT2D eigenvalue weighted by Gasteiger charge is 2.62. The predicted octanol–water partition coefficient (Wildman–Crippen LogP) is -18.5. The number of ether oxygens (including phenoxy) is 18. The molecule has 0 aromatic heterocycles. The van der Waals surface area contributed by atoms with Gasteiger partial charge in [0.15, 0.2) is 44.0 Å². The Morgan fingerprint density at radius 1 is 0.381 bits per heavy atom. The van der Waals surface area contributed by atoms with Gasteiger partial charge in [0.05, 0.1) is 90.2 Å². The quantitative estimate of drug-likeness (QED) is 0.0214. The van der Waals surface area contributed by atoms with Crippen LogP contribution in [0, 0.1) is 5.92 Å². The second-order valence-corrected chi connectivity index (χ2v) is 30.1. The van der Waals surface area contributed by atoms with E-state index in [2.05, 4.69) is 21.3 Å². The molecule has 4 amide bonds. The molecule has 0 spiro atoms. The summed E-state index contributed by atoms with van der Waals surface area (Å²) >= 11 is 0. The van der Waals surface area contributed by atoms with Crippen LogP contribution in [0.2, 0.25) is 0 Å². The molecule has 0 aromatic rings. The Bertz CT molecular complexity index is 3180. The summed E-state index contributed by atoms with van der Waals surface area (Å²) in [7, 11) is 0. The molecule has 9 fully saturated rings. The monoisotopic (exact) mass is 1720 g/mol. The lowest BCUT2D eigenvalue weighted by Gasteiger charge is -2.51. The fourth-order valence-electron chi connectivity index (χ4n) is 15.5. The van der Waals surface area contributed by atoms with Gasteiger partial charge in [-0.05, 0) is 6.92 Å². The lowest BCUT2D eigenvalue weighted by molar-refractivity contribution is -0.448. The number of hydrogen-bond acceptors (Lipinski definition) is 47. The number of aliphatic hydroxyl groups excluding tert-OH is 24. The fourth-order valence-corrected chi connectivity index (χ4v) is 15.5. The van der Waals surface area contributed by atoms with Crippen LogP contribution in [-0.4, -0.2) is 488 Å². The molecule has 0 saturated carbocycles. The minimum Gasteiger partial charge on any atom is -0.410 e. The molecule has 46 atom stereocenters. The van der Waals surface area contributed by atoms with Crippen molar-refractivity contribution in [1.82, 2.24) is 21.3 Å². The minimum atomic E-state index is -2.88. The number of amides is 4. The zero-order valence-electron chi connectivity index (χ0n) is 64.3. The largest absolute Gasteiger partial charge is 0.410 e. The molecule has 0 bridgehead atoms. The number of rotatable bonds is 33. The van der Waals surface area contributed by atoms with Gasteiger partial charge in [0.25, 0.3) is 6.47 Å². The maximum atomic E-state index is 13.2. The van der Waals surface area contributed by atoms with Gasteiger partial charge in [-0.15, -0.1) is 0 Å². The van der Waals surface area contributed by atoms with Crippen molar-refractivity contribution in [2.24, 2.45) is 5.92 Å². The van der Waals surface area contributed by atoms with Crippen LogP contribution in [0.1, 0.15) is 48.0 Å². The normalized spacial score (nSPS) is 47.5. The van der Waals surface area contributed by atoms with Gasteiger partial charge < -0.3 is 229 Å². The summed E-state index contributed by atoms with van der Waals surface area (Å²) in [5.41, 5.74) is 0. The summed E-state index contributed by atoms with van der Waals surface area (Å²) in [6.07, 6.45) is -83.0. The number of nitrogens with one attached hydrogen (secondary N) is 4. The Balaban J connectivity index is 1.04. The highest BCUT2D eigenvalue weighted by molar-refractivity contribution is 5.74. The lowest BCUT2D eigenvalue weighted by atomic mass is 9.87. The Hall–Kier alpha value is -4.29. The Kier molecular flexibility index (Phi) is 35.2. The van der Waals surface area contributed by atoms with Gasteiger partial charge in [-0.2, -0.15) is 0 Å². The van der Waals surface area contributed by atoms with Gasteiger partial charge >= 0.3 is 5.97 Å². The average Bonchev–Trinajstić information content (AvgIpc) is 0.748. The molecule has 20 unspecified atom stereocenters. The third-order valence-electron chi connectivity index (χ3n) is 21.9. The number of carbonyl (C=O) groups is 5. The molecule has 51 nitrogen and oxygen atoms in total. The topological polar surface area (TPSA) is 785 Å². The Labute approximate surface area is 670 Å². The summed E-state index contributed by atoms with van der Waals surface area (Å²) in [6.45, 7) is -3.32. The smallest absolute Gasteiger partial charge is 0.332 e. The standard InChI is InChI=1S/C67H112N4O47/c1-18-24(85)7-67(102-17-80,117-52(18)38(87)25(86)8-72)118-57-42(91)29(12-76)105-64(51(57)100)113-55-32(15-79)109-62(37(47(55)96)71-23(6)84)116-59-49(98)41(90)28(11-75)107-66(59)114-56-43(92)33(16-101-65-58(48(97)40(89)27(10-74)106-65)115-60-35(69-21(4)82)44(93)39(88)26(9-73)104-60)110-63(50(56)99)112-54-31(14-78)108-61(36(46(54)95)70-22(5)83)111-53-30(13-77)103-19(2)34(45(53)94)68-20(3)81/h17-19,24-66,72-79,85-100H,7-16H2,1-6H3,(H,68,81)(H,69,82)(H,70,83)(H,71,84)/t18-,19+,24-,25-,26+,27?,28?,29?,30?,31?,32?,33?,34?,35?,36?,37?,38?,39-,40-,41-,42+,43-,44?,45-,46-,47-,48+,49?,50?,51?,52?,53-,54-,55-,56+,57+,58?,59?,60?,61+,62+,63+,64+,65+,66-,67+/m1/s1. The Morgan fingerprint density at radius 3 is 1.17 bits per heavy atom. The zero-order chi connectivity index (χ0) is 87.1. The molecule has 28 N–H and O–H groups in total. The van der Waals surface area contributed by atoms with Gasteiger partial charge in [-0.3, -0.25) is 24.0 Å². The van der Waals surface area contributed by atoms with Gasteiger partial charge in [0.2, 0.25) is 23.6 Å². The maximum absolute atomic E-state index is 13.2. The van der Waals surface area contributed by atoms with E-state index in [4.69, 9.17) is 85.3 Å². The van der Waals surface area contributed by atoms with Crippen molar-refractivity contribution in [3.05, 3.63) is 0 Å². The number of hydrogen-bond donors (Lipinski definition) is 28.